The van der Waals surface area contributed by atoms with Gasteiger partial charge in [0.15, 0.2) is 6.29 Å². The van der Waals surface area contributed by atoms with E-state index in [0.29, 0.717) is 6.42 Å². The highest BCUT2D eigenvalue weighted by Crippen LogP contribution is 2.23. The van der Waals surface area contributed by atoms with E-state index < -0.39 is 55.6 Å². The molecular weight excluding hydrogens is 735 g/mol. The van der Waals surface area contributed by atoms with Crippen molar-refractivity contribution in [1.29, 1.82) is 0 Å². The lowest BCUT2D eigenvalue weighted by atomic mass is 9.98. The van der Waals surface area contributed by atoms with Crippen molar-refractivity contribution in [2.24, 2.45) is 0 Å². The van der Waals surface area contributed by atoms with Crippen molar-refractivity contribution in [3.8, 4) is 0 Å². The van der Waals surface area contributed by atoms with Crippen LogP contribution >= 0.6 is 0 Å². The van der Waals surface area contributed by atoms with Gasteiger partial charge in [-0.25, -0.2) is 0 Å². The fourth-order valence-corrected chi connectivity index (χ4v) is 8.26. The van der Waals surface area contributed by atoms with E-state index >= 15 is 0 Å². The molecule has 0 aliphatic carbocycles. The first kappa shape index (κ1) is 55.2. The van der Waals surface area contributed by atoms with Gasteiger partial charge in [-0.15, -0.1) is 0 Å². The van der Waals surface area contributed by atoms with E-state index in [2.05, 4.69) is 19.2 Å². The third kappa shape index (κ3) is 28.6. The van der Waals surface area contributed by atoms with E-state index in [1.165, 1.54) is 173 Å². The normalized spacial score (nSPS) is 21.3. The molecule has 58 heavy (non-hydrogen) atoms. The molecule has 1 aliphatic rings. The smallest absolute Gasteiger partial charge is 0.220 e. The van der Waals surface area contributed by atoms with Gasteiger partial charge in [-0.3, -0.25) is 4.79 Å². The molecule has 1 amide bonds. The van der Waals surface area contributed by atoms with Crippen LogP contribution in [0, 0.1) is 0 Å². The molecule has 7 N–H and O–H groups in total. The molecule has 4 unspecified atom stereocenters. The molecule has 0 spiro atoms. The van der Waals surface area contributed by atoms with Crippen LogP contribution in [0.15, 0.2) is 0 Å². The maximum atomic E-state index is 13.0. The van der Waals surface area contributed by atoms with E-state index in [-0.39, 0.29) is 18.9 Å². The number of carbonyl (C=O) groups excluding carboxylic acids is 1. The van der Waals surface area contributed by atoms with Crippen LogP contribution in [-0.2, 0) is 14.3 Å². The Morgan fingerprint density at radius 2 is 0.897 bits per heavy atom. The Morgan fingerprint density at radius 1 is 0.534 bits per heavy atom. The van der Waals surface area contributed by atoms with Crippen molar-refractivity contribution in [1.82, 2.24) is 5.32 Å². The maximum absolute atomic E-state index is 13.0. The lowest BCUT2D eigenvalue weighted by Crippen LogP contribution is -2.60. The summed E-state index contributed by atoms with van der Waals surface area (Å²) in [6.45, 7) is 3.62. The van der Waals surface area contributed by atoms with Gasteiger partial charge in [0.2, 0.25) is 5.91 Å². The van der Waals surface area contributed by atoms with Crippen molar-refractivity contribution in [2.75, 3.05) is 13.2 Å². The molecule has 8 atom stereocenters. The Labute approximate surface area is 356 Å². The average Bonchev–Trinajstić information content (AvgIpc) is 3.22. The van der Waals surface area contributed by atoms with Crippen LogP contribution in [0.2, 0.25) is 0 Å². The standard InChI is InChI=1S/C48H95NO9/c1-3-5-7-9-11-13-15-17-18-19-20-21-22-23-24-25-27-29-31-33-35-37-43(52)49-40(39-57-48-47(56)46(55)45(54)42(38-50)58-48)44(53)41(51)36-34-32-30-28-26-16-14-12-10-8-6-4-2/h40-42,44-48,50-51,53-56H,3-39H2,1-2H3,(H,49,52)/t40-,41+,42-,44-,45?,46?,47?,48?/m0/s1. The number of rotatable bonds is 42. The minimum absolute atomic E-state index is 0.253. The van der Waals surface area contributed by atoms with Crippen molar-refractivity contribution in [3.05, 3.63) is 0 Å². The summed E-state index contributed by atoms with van der Waals surface area (Å²) in [7, 11) is 0. The summed E-state index contributed by atoms with van der Waals surface area (Å²) in [6, 6.07) is -0.984. The van der Waals surface area contributed by atoms with Gasteiger partial charge in [-0.05, 0) is 12.8 Å². The number of ether oxygens (including phenoxy) is 2. The van der Waals surface area contributed by atoms with Gasteiger partial charge in [0.25, 0.3) is 0 Å². The molecule has 0 radical (unpaired) electrons. The Hall–Kier alpha value is -0.850. The van der Waals surface area contributed by atoms with Crippen LogP contribution in [0.3, 0.4) is 0 Å². The molecule has 0 aromatic heterocycles. The number of amides is 1. The van der Waals surface area contributed by atoms with Crippen molar-refractivity contribution < 1.29 is 44.9 Å². The minimum Gasteiger partial charge on any atom is -0.394 e. The van der Waals surface area contributed by atoms with Gasteiger partial charge in [0.1, 0.15) is 30.5 Å². The topological polar surface area (TPSA) is 169 Å². The summed E-state index contributed by atoms with van der Waals surface area (Å²) < 4.78 is 11.2. The summed E-state index contributed by atoms with van der Waals surface area (Å²) >= 11 is 0. The number of carbonyl (C=O) groups is 1. The fraction of sp³-hybridized carbons (Fsp3) is 0.979. The number of nitrogens with one attached hydrogen (secondary N) is 1. The van der Waals surface area contributed by atoms with Crippen LogP contribution in [-0.4, -0.2) is 98.7 Å². The van der Waals surface area contributed by atoms with Gasteiger partial charge in [-0.1, -0.05) is 219 Å². The molecule has 0 bridgehead atoms. The highest BCUT2D eigenvalue weighted by atomic mass is 16.7. The van der Waals surface area contributed by atoms with Crippen molar-refractivity contribution in [2.45, 2.75) is 288 Å². The van der Waals surface area contributed by atoms with Crippen LogP contribution in [0.25, 0.3) is 0 Å². The molecule has 0 aromatic rings. The highest BCUT2D eigenvalue weighted by molar-refractivity contribution is 5.76. The SMILES string of the molecule is CCCCCCCCCCCCCCCCCCCCCCCC(=O)N[C@@H](COC1O[C@@H](CO)C(O)C(O)C1O)[C@H](O)[C@H](O)CCCCCCCCCCCCCC. The Kier molecular flexibility index (Phi) is 37.1. The first-order valence-electron chi connectivity index (χ1n) is 24.8. The molecule has 0 saturated carbocycles. The van der Waals surface area contributed by atoms with Crippen molar-refractivity contribution >= 4 is 5.91 Å². The summed E-state index contributed by atoms with van der Waals surface area (Å²) in [6.07, 6.45) is 32.6. The molecule has 10 nitrogen and oxygen atoms in total. The Balaban J connectivity index is 2.30. The molecule has 1 aliphatic heterocycles. The van der Waals surface area contributed by atoms with E-state index in [9.17, 15) is 35.4 Å². The summed E-state index contributed by atoms with van der Waals surface area (Å²) in [5.74, 6) is -0.253. The summed E-state index contributed by atoms with van der Waals surface area (Å²) in [5, 5.41) is 65.2. The molecular formula is C48H95NO9. The van der Waals surface area contributed by atoms with Crippen LogP contribution < -0.4 is 5.32 Å². The van der Waals surface area contributed by atoms with Gasteiger partial charge < -0.3 is 45.4 Å². The zero-order valence-electron chi connectivity index (χ0n) is 37.7. The second kappa shape index (κ2) is 39.0. The lowest BCUT2D eigenvalue weighted by Gasteiger charge is -2.40. The molecule has 1 fully saturated rings. The third-order valence-corrected chi connectivity index (χ3v) is 12.3. The molecule has 1 rings (SSSR count). The van der Waals surface area contributed by atoms with E-state index in [1.54, 1.807) is 0 Å². The summed E-state index contributed by atoms with van der Waals surface area (Å²) in [4.78, 5) is 13.0. The molecule has 1 saturated heterocycles. The van der Waals surface area contributed by atoms with Crippen LogP contribution in [0.5, 0.6) is 0 Å². The lowest BCUT2D eigenvalue weighted by molar-refractivity contribution is -0.303. The number of aliphatic hydroxyl groups is 6. The van der Waals surface area contributed by atoms with Crippen LogP contribution in [0.1, 0.15) is 239 Å². The summed E-state index contributed by atoms with van der Waals surface area (Å²) in [5.41, 5.74) is 0. The molecule has 10 heteroatoms. The van der Waals surface area contributed by atoms with Crippen LogP contribution in [0.4, 0.5) is 0 Å². The first-order chi connectivity index (χ1) is 28.3. The maximum Gasteiger partial charge on any atom is 0.220 e. The number of hydrogen-bond acceptors (Lipinski definition) is 9. The zero-order valence-corrected chi connectivity index (χ0v) is 37.7. The van der Waals surface area contributed by atoms with Gasteiger partial charge in [0.05, 0.1) is 25.4 Å². The highest BCUT2D eigenvalue weighted by Gasteiger charge is 2.44. The number of hydrogen-bond donors (Lipinski definition) is 7. The quantitative estimate of drug-likeness (QED) is 0.0296. The van der Waals surface area contributed by atoms with Gasteiger partial charge >= 0.3 is 0 Å². The predicted octanol–water partition coefficient (Wildman–Crippen LogP) is 9.70. The average molecular weight is 830 g/mol. The van der Waals surface area contributed by atoms with Gasteiger partial charge in [-0.2, -0.15) is 0 Å². The second-order valence-electron chi connectivity index (χ2n) is 17.8. The molecule has 0 aromatic carbocycles. The predicted molar refractivity (Wildman–Crippen MR) is 237 cm³/mol. The minimum atomic E-state index is -1.60. The number of aliphatic hydroxyl groups excluding tert-OH is 6. The van der Waals surface area contributed by atoms with Crippen molar-refractivity contribution in [3.63, 3.8) is 0 Å². The Bertz CT molecular complexity index is 895. The largest absolute Gasteiger partial charge is 0.394 e. The fourth-order valence-electron chi connectivity index (χ4n) is 8.26. The monoisotopic (exact) mass is 830 g/mol. The van der Waals surface area contributed by atoms with E-state index in [0.717, 1.165) is 38.5 Å². The van der Waals surface area contributed by atoms with Gasteiger partial charge in [0, 0.05) is 6.42 Å². The third-order valence-electron chi connectivity index (χ3n) is 12.3. The number of unbranched alkanes of at least 4 members (excludes halogenated alkanes) is 31. The van der Waals surface area contributed by atoms with E-state index in [1.807, 2.05) is 0 Å². The molecule has 1 heterocycles. The molecule has 346 valence electrons. The first-order valence-corrected chi connectivity index (χ1v) is 24.8. The Morgan fingerprint density at radius 3 is 1.28 bits per heavy atom. The second-order valence-corrected chi connectivity index (χ2v) is 17.8. The zero-order chi connectivity index (χ0) is 42.5. The van der Waals surface area contributed by atoms with E-state index in [4.69, 9.17) is 9.47 Å².